The molecule has 0 bridgehead atoms. The van der Waals surface area contributed by atoms with Crippen LogP contribution >= 0.6 is 11.8 Å². The normalized spacial score (nSPS) is 20.2. The second-order valence-corrected chi connectivity index (χ2v) is 4.35. The third kappa shape index (κ3) is 1.38. The van der Waals surface area contributed by atoms with Crippen molar-refractivity contribution in [3.8, 4) is 0 Å². The summed E-state index contributed by atoms with van der Waals surface area (Å²) in [5.41, 5.74) is 3.08. The molecular formula is C11H14S. The van der Waals surface area contributed by atoms with Gasteiger partial charge in [-0.2, -0.15) is 0 Å². The summed E-state index contributed by atoms with van der Waals surface area (Å²) in [5.74, 6) is 1.21. The van der Waals surface area contributed by atoms with Gasteiger partial charge in [-0.05, 0) is 28.9 Å². The summed E-state index contributed by atoms with van der Waals surface area (Å²) in [4.78, 5) is 1.62. The summed E-state index contributed by atoms with van der Waals surface area (Å²) in [6.45, 7) is 2.26. The monoisotopic (exact) mass is 178 g/mol. The number of rotatable bonds is 3. The van der Waals surface area contributed by atoms with Crippen LogP contribution in [0, 0.1) is 0 Å². The molecule has 0 spiro atoms. The Morgan fingerprint density at radius 3 is 3.25 bits per heavy atom. The van der Waals surface area contributed by atoms with E-state index < -0.39 is 0 Å². The van der Waals surface area contributed by atoms with Crippen LogP contribution in [-0.2, 0) is 0 Å². The molecule has 0 radical (unpaired) electrons. The molecule has 0 N–H and O–H groups in total. The van der Waals surface area contributed by atoms with Crippen molar-refractivity contribution in [2.75, 3.05) is 5.75 Å². The molecule has 1 aliphatic carbocycles. The lowest BCUT2D eigenvalue weighted by atomic mass is 10.1. The maximum Gasteiger partial charge on any atom is 0.0235 e. The minimum Gasteiger partial charge on any atom is -0.125 e. The molecule has 0 nitrogen and oxygen atoms in total. The highest BCUT2D eigenvalue weighted by Gasteiger charge is 2.19. The van der Waals surface area contributed by atoms with Crippen LogP contribution in [0.25, 0.3) is 0 Å². The number of hydrogen-bond donors (Lipinski definition) is 0. The summed E-state index contributed by atoms with van der Waals surface area (Å²) in [7, 11) is 0. The fourth-order valence-electron chi connectivity index (χ4n) is 1.64. The van der Waals surface area contributed by atoms with Gasteiger partial charge in [0.15, 0.2) is 0 Å². The van der Waals surface area contributed by atoms with Gasteiger partial charge >= 0.3 is 0 Å². The molecule has 0 aromatic rings. The maximum absolute atomic E-state index is 2.26. The van der Waals surface area contributed by atoms with Crippen molar-refractivity contribution in [3.05, 3.63) is 34.3 Å². The van der Waals surface area contributed by atoms with Crippen molar-refractivity contribution < 1.29 is 0 Å². The van der Waals surface area contributed by atoms with Crippen LogP contribution in [0.4, 0.5) is 0 Å². The fraction of sp³-hybridized carbons (Fsp3) is 0.455. The average Bonchev–Trinajstić information content (AvgIpc) is 2.62. The predicted molar refractivity (Wildman–Crippen MR) is 56.2 cm³/mol. The maximum atomic E-state index is 2.26. The highest BCUT2D eigenvalue weighted by molar-refractivity contribution is 8.03. The highest BCUT2D eigenvalue weighted by Crippen LogP contribution is 2.41. The molecule has 64 valence electrons. The molecule has 2 rings (SSSR count). The predicted octanol–water partition coefficient (Wildman–Crippen LogP) is 3.67. The van der Waals surface area contributed by atoms with E-state index in [0.717, 1.165) is 0 Å². The lowest BCUT2D eigenvalue weighted by molar-refractivity contribution is 0.807. The molecule has 1 aliphatic heterocycles. The zero-order valence-electron chi connectivity index (χ0n) is 7.47. The number of unbranched alkanes of at least 4 members (excludes halogenated alkanes) is 1. The van der Waals surface area contributed by atoms with Gasteiger partial charge in [0.2, 0.25) is 0 Å². The summed E-state index contributed by atoms with van der Waals surface area (Å²) in [6, 6.07) is 0. The lowest BCUT2D eigenvalue weighted by Crippen LogP contribution is -1.79. The van der Waals surface area contributed by atoms with Gasteiger partial charge in [-0.15, -0.1) is 11.8 Å². The van der Waals surface area contributed by atoms with Crippen LogP contribution in [0.15, 0.2) is 34.3 Å². The Morgan fingerprint density at radius 1 is 1.50 bits per heavy atom. The summed E-state index contributed by atoms with van der Waals surface area (Å²) in [6.07, 6.45) is 10.6. The molecule has 0 aromatic carbocycles. The Balaban J connectivity index is 2.10. The van der Waals surface area contributed by atoms with Crippen molar-refractivity contribution in [2.24, 2.45) is 0 Å². The molecule has 0 saturated heterocycles. The minimum atomic E-state index is 1.21. The molecule has 0 fully saturated rings. The smallest absolute Gasteiger partial charge is 0.0235 e. The molecule has 0 amide bonds. The Labute approximate surface area is 78.4 Å². The van der Waals surface area contributed by atoms with Crippen molar-refractivity contribution >= 4 is 11.8 Å². The van der Waals surface area contributed by atoms with Gasteiger partial charge in [-0.3, -0.25) is 0 Å². The van der Waals surface area contributed by atoms with Gasteiger partial charge in [0.05, 0.1) is 0 Å². The van der Waals surface area contributed by atoms with E-state index in [1.54, 1.807) is 10.5 Å². The Kier molecular flexibility index (Phi) is 2.40. The van der Waals surface area contributed by atoms with Crippen molar-refractivity contribution in [2.45, 2.75) is 26.2 Å². The van der Waals surface area contributed by atoms with Crippen molar-refractivity contribution in [1.82, 2.24) is 0 Å². The van der Waals surface area contributed by atoms with E-state index in [1.807, 2.05) is 11.8 Å². The van der Waals surface area contributed by atoms with E-state index in [0.29, 0.717) is 0 Å². The van der Waals surface area contributed by atoms with Crippen LogP contribution in [0.3, 0.4) is 0 Å². The molecule has 1 heteroatoms. The number of allylic oxidation sites excluding steroid dienone is 5. The molecule has 12 heavy (non-hydrogen) atoms. The van der Waals surface area contributed by atoms with Gasteiger partial charge in [0, 0.05) is 5.75 Å². The zero-order valence-corrected chi connectivity index (χ0v) is 8.29. The fourth-order valence-corrected chi connectivity index (χ4v) is 2.87. The molecule has 2 aliphatic rings. The minimum absolute atomic E-state index is 1.21. The Hall–Kier alpha value is -0.430. The Bertz CT molecular complexity index is 269. The summed E-state index contributed by atoms with van der Waals surface area (Å²) in [5, 5.41) is 0. The molecule has 0 aromatic heterocycles. The Morgan fingerprint density at radius 2 is 2.42 bits per heavy atom. The first-order chi connectivity index (χ1) is 5.92. The first-order valence-electron chi connectivity index (χ1n) is 4.65. The van der Waals surface area contributed by atoms with Crippen LogP contribution in [0.1, 0.15) is 26.2 Å². The first kappa shape index (κ1) is 8.18. The molecule has 0 unspecified atom stereocenters. The first-order valence-corrected chi connectivity index (χ1v) is 5.64. The highest BCUT2D eigenvalue weighted by atomic mass is 32.2. The number of hydrogen-bond acceptors (Lipinski definition) is 1. The van der Waals surface area contributed by atoms with Crippen LogP contribution in [0.2, 0.25) is 0 Å². The van der Waals surface area contributed by atoms with Gasteiger partial charge in [-0.1, -0.05) is 31.6 Å². The molecule has 1 heterocycles. The second-order valence-electron chi connectivity index (χ2n) is 3.28. The lowest BCUT2D eigenvalue weighted by Gasteiger charge is -1.99. The summed E-state index contributed by atoms with van der Waals surface area (Å²) >= 11 is 2.03. The third-order valence-corrected chi connectivity index (χ3v) is 3.59. The third-order valence-electron chi connectivity index (χ3n) is 2.37. The second kappa shape index (κ2) is 3.53. The molecular weight excluding hydrogens is 164 g/mol. The van der Waals surface area contributed by atoms with Gasteiger partial charge in [0.25, 0.3) is 0 Å². The SMILES string of the molecule is CCCCC1=C2C=CC=C2CS1. The molecule has 0 atom stereocenters. The van der Waals surface area contributed by atoms with E-state index in [-0.39, 0.29) is 0 Å². The molecule has 0 saturated carbocycles. The standard InChI is InChI=1S/C11H14S/c1-2-3-7-11-10-6-4-5-9(10)8-12-11/h4-6H,2-3,7-8H2,1H3. The van der Waals surface area contributed by atoms with Gasteiger partial charge < -0.3 is 0 Å². The van der Waals surface area contributed by atoms with Gasteiger partial charge in [-0.25, -0.2) is 0 Å². The van der Waals surface area contributed by atoms with E-state index in [2.05, 4.69) is 25.2 Å². The van der Waals surface area contributed by atoms with E-state index >= 15 is 0 Å². The summed E-state index contributed by atoms with van der Waals surface area (Å²) < 4.78 is 0. The largest absolute Gasteiger partial charge is 0.125 e. The van der Waals surface area contributed by atoms with Crippen LogP contribution in [0.5, 0.6) is 0 Å². The average molecular weight is 178 g/mol. The van der Waals surface area contributed by atoms with E-state index in [4.69, 9.17) is 0 Å². The van der Waals surface area contributed by atoms with Gasteiger partial charge in [0.1, 0.15) is 0 Å². The van der Waals surface area contributed by atoms with E-state index in [9.17, 15) is 0 Å². The van der Waals surface area contributed by atoms with Crippen LogP contribution < -0.4 is 0 Å². The van der Waals surface area contributed by atoms with Crippen molar-refractivity contribution in [3.63, 3.8) is 0 Å². The number of fused-ring (bicyclic) bond motifs is 1. The van der Waals surface area contributed by atoms with Crippen LogP contribution in [-0.4, -0.2) is 5.75 Å². The topological polar surface area (TPSA) is 0 Å². The quantitative estimate of drug-likeness (QED) is 0.635. The van der Waals surface area contributed by atoms with Crippen molar-refractivity contribution in [1.29, 1.82) is 0 Å². The zero-order chi connectivity index (χ0) is 8.39. The van der Waals surface area contributed by atoms with E-state index in [1.165, 1.54) is 30.6 Å². The number of thioether (sulfide) groups is 1.